The first kappa shape index (κ1) is 19.9. The van der Waals surface area contributed by atoms with Crippen molar-refractivity contribution in [2.45, 2.75) is 13.8 Å². The van der Waals surface area contributed by atoms with Crippen molar-refractivity contribution in [1.29, 1.82) is 0 Å². The minimum atomic E-state index is -0.638. The van der Waals surface area contributed by atoms with Gasteiger partial charge in [-0.05, 0) is 37.3 Å². The Balaban J connectivity index is 1.99. The predicted molar refractivity (Wildman–Crippen MR) is 105 cm³/mol. The number of carbonyl (C=O) groups is 2. The maximum absolute atomic E-state index is 14.3. The van der Waals surface area contributed by atoms with E-state index in [-0.39, 0.29) is 44.2 Å². The molecule has 9 heteroatoms. The molecule has 2 aromatic carbocycles. The Hall–Kier alpha value is -2.90. The van der Waals surface area contributed by atoms with Crippen molar-refractivity contribution in [3.63, 3.8) is 0 Å². The lowest BCUT2D eigenvalue weighted by atomic mass is 10.0. The summed E-state index contributed by atoms with van der Waals surface area (Å²) >= 11 is 12.2. The second kappa shape index (κ2) is 8.00. The molecule has 0 fully saturated rings. The summed E-state index contributed by atoms with van der Waals surface area (Å²) in [4.78, 5) is 24.1. The van der Waals surface area contributed by atoms with E-state index in [0.717, 1.165) is 0 Å². The number of aryl methyl sites for hydroxylation is 1. The van der Waals surface area contributed by atoms with Crippen molar-refractivity contribution in [2.75, 3.05) is 10.6 Å². The van der Waals surface area contributed by atoms with Crippen molar-refractivity contribution < 1.29 is 18.5 Å². The van der Waals surface area contributed by atoms with Gasteiger partial charge in [-0.3, -0.25) is 9.59 Å². The van der Waals surface area contributed by atoms with Gasteiger partial charge in [0, 0.05) is 12.6 Å². The molecule has 3 rings (SSSR count). The third-order valence-corrected chi connectivity index (χ3v) is 4.47. The third-order valence-electron chi connectivity index (χ3n) is 3.82. The highest BCUT2D eigenvalue weighted by Crippen LogP contribution is 2.34. The van der Waals surface area contributed by atoms with E-state index in [1.165, 1.54) is 44.2 Å². The number of halogens is 3. The Labute approximate surface area is 169 Å². The fourth-order valence-electron chi connectivity index (χ4n) is 2.62. The van der Waals surface area contributed by atoms with Gasteiger partial charge in [0.1, 0.15) is 22.8 Å². The van der Waals surface area contributed by atoms with E-state index in [4.69, 9.17) is 27.7 Å². The molecule has 0 aliphatic rings. The highest BCUT2D eigenvalue weighted by Gasteiger charge is 2.26. The van der Waals surface area contributed by atoms with Crippen LogP contribution in [-0.4, -0.2) is 17.0 Å². The Morgan fingerprint density at radius 3 is 2.54 bits per heavy atom. The van der Waals surface area contributed by atoms with Crippen LogP contribution in [0.4, 0.5) is 15.8 Å². The highest BCUT2D eigenvalue weighted by molar-refractivity contribution is 6.34. The summed E-state index contributed by atoms with van der Waals surface area (Å²) < 4.78 is 19.4. The van der Waals surface area contributed by atoms with Crippen LogP contribution in [0.5, 0.6) is 0 Å². The van der Waals surface area contributed by atoms with E-state index < -0.39 is 11.7 Å². The number of anilines is 2. The molecule has 1 aromatic heterocycles. The van der Waals surface area contributed by atoms with Gasteiger partial charge < -0.3 is 15.2 Å². The smallest absolute Gasteiger partial charge is 0.261 e. The summed E-state index contributed by atoms with van der Waals surface area (Å²) in [7, 11) is 0. The lowest BCUT2D eigenvalue weighted by Crippen LogP contribution is -2.14. The van der Waals surface area contributed by atoms with E-state index in [2.05, 4.69) is 15.8 Å². The van der Waals surface area contributed by atoms with Gasteiger partial charge >= 0.3 is 0 Å². The lowest BCUT2D eigenvalue weighted by Gasteiger charge is -2.11. The van der Waals surface area contributed by atoms with Crippen LogP contribution in [0.15, 0.2) is 40.9 Å². The van der Waals surface area contributed by atoms with Gasteiger partial charge in [-0.1, -0.05) is 34.4 Å². The van der Waals surface area contributed by atoms with Crippen LogP contribution in [0.3, 0.4) is 0 Å². The van der Waals surface area contributed by atoms with E-state index in [9.17, 15) is 14.0 Å². The quantitative estimate of drug-likeness (QED) is 0.597. The van der Waals surface area contributed by atoms with Crippen LogP contribution in [0, 0.1) is 12.7 Å². The first-order chi connectivity index (χ1) is 13.3. The molecule has 0 radical (unpaired) electrons. The first-order valence-electron chi connectivity index (χ1n) is 8.07. The predicted octanol–water partition coefficient (Wildman–Crippen LogP) is 5.31. The Morgan fingerprint density at radius 2 is 1.86 bits per heavy atom. The zero-order chi connectivity index (χ0) is 20.4. The Kier molecular flexibility index (Phi) is 5.67. The van der Waals surface area contributed by atoms with Crippen LogP contribution in [-0.2, 0) is 4.79 Å². The molecule has 0 saturated heterocycles. The largest absolute Gasteiger partial charge is 0.360 e. The molecule has 0 atom stereocenters. The lowest BCUT2D eigenvalue weighted by molar-refractivity contribution is -0.114. The van der Waals surface area contributed by atoms with E-state index in [1.54, 1.807) is 6.07 Å². The Bertz CT molecular complexity index is 1060. The normalized spacial score (nSPS) is 10.6. The van der Waals surface area contributed by atoms with Gasteiger partial charge in [-0.25, -0.2) is 4.39 Å². The molecule has 6 nitrogen and oxygen atoms in total. The molecule has 0 aliphatic heterocycles. The SMILES string of the molecule is CC(=O)Nc1ccc(Cl)c(NC(=O)c2c(-c3c(F)cccc3Cl)noc2C)c1. The number of nitrogens with zero attached hydrogens (tertiary/aromatic N) is 1. The summed E-state index contributed by atoms with van der Waals surface area (Å²) in [5.74, 6) is -1.35. The molecule has 0 saturated carbocycles. The number of carbonyl (C=O) groups excluding carboxylic acids is 2. The highest BCUT2D eigenvalue weighted by atomic mass is 35.5. The number of nitrogens with one attached hydrogen (secondary N) is 2. The zero-order valence-corrected chi connectivity index (χ0v) is 16.3. The van der Waals surface area contributed by atoms with Crippen molar-refractivity contribution in [2.24, 2.45) is 0 Å². The molecule has 2 amide bonds. The summed E-state index contributed by atoms with van der Waals surface area (Å²) in [6, 6.07) is 8.76. The molecule has 0 spiro atoms. The number of amides is 2. The van der Waals surface area contributed by atoms with Gasteiger partial charge in [0.15, 0.2) is 0 Å². The molecule has 3 aromatic rings. The zero-order valence-electron chi connectivity index (χ0n) is 14.8. The van der Waals surface area contributed by atoms with Gasteiger partial charge in [0.05, 0.1) is 21.3 Å². The first-order valence-corrected chi connectivity index (χ1v) is 8.82. The van der Waals surface area contributed by atoms with Gasteiger partial charge in [-0.2, -0.15) is 0 Å². The summed E-state index contributed by atoms with van der Waals surface area (Å²) in [6.45, 7) is 2.88. The minimum absolute atomic E-state index is 0.0211. The fraction of sp³-hybridized carbons (Fsp3) is 0.105. The second-order valence-corrected chi connectivity index (χ2v) is 6.70. The van der Waals surface area contributed by atoms with Crippen LogP contribution < -0.4 is 10.6 Å². The van der Waals surface area contributed by atoms with E-state index in [1.807, 2.05) is 0 Å². The number of aromatic nitrogens is 1. The monoisotopic (exact) mass is 421 g/mol. The summed E-state index contributed by atoms with van der Waals surface area (Å²) in [5, 5.41) is 9.37. The maximum atomic E-state index is 14.3. The topological polar surface area (TPSA) is 84.2 Å². The average Bonchev–Trinajstić information content (AvgIpc) is 2.98. The second-order valence-electron chi connectivity index (χ2n) is 5.89. The molecule has 0 aliphatic carbocycles. The average molecular weight is 422 g/mol. The number of rotatable bonds is 4. The molecule has 1 heterocycles. The van der Waals surface area contributed by atoms with Crippen molar-refractivity contribution in [3.8, 4) is 11.3 Å². The van der Waals surface area contributed by atoms with Crippen LogP contribution in [0.1, 0.15) is 23.0 Å². The third kappa shape index (κ3) is 4.00. The molecular weight excluding hydrogens is 408 g/mol. The minimum Gasteiger partial charge on any atom is -0.360 e. The molecule has 0 bridgehead atoms. The molecule has 2 N–H and O–H groups in total. The van der Waals surface area contributed by atoms with Gasteiger partial charge in [0.2, 0.25) is 5.91 Å². The maximum Gasteiger partial charge on any atom is 0.261 e. The summed E-state index contributed by atoms with van der Waals surface area (Å²) in [5.41, 5.74) is 0.667. The van der Waals surface area contributed by atoms with Crippen molar-refractivity contribution in [3.05, 3.63) is 63.6 Å². The standard InChI is InChI=1S/C19H14Cl2FN3O3/c1-9-16(18(25-28-9)17-13(21)4-3-5-14(17)22)19(27)24-15-8-11(23-10(2)26)6-7-12(15)20/h3-8H,1-2H3,(H,23,26)(H,24,27). The van der Waals surface area contributed by atoms with Gasteiger partial charge in [-0.15, -0.1) is 0 Å². The molecular formula is C19H14Cl2FN3O3. The van der Waals surface area contributed by atoms with E-state index in [0.29, 0.717) is 5.69 Å². The van der Waals surface area contributed by atoms with Crippen LogP contribution in [0.2, 0.25) is 10.0 Å². The Morgan fingerprint density at radius 1 is 1.11 bits per heavy atom. The number of benzene rings is 2. The van der Waals surface area contributed by atoms with E-state index >= 15 is 0 Å². The molecule has 0 unspecified atom stereocenters. The molecule has 144 valence electrons. The van der Waals surface area contributed by atoms with Crippen LogP contribution >= 0.6 is 23.2 Å². The van der Waals surface area contributed by atoms with Gasteiger partial charge in [0.25, 0.3) is 5.91 Å². The van der Waals surface area contributed by atoms with Crippen molar-refractivity contribution >= 4 is 46.4 Å². The number of hydrogen-bond donors (Lipinski definition) is 2. The van der Waals surface area contributed by atoms with Crippen LogP contribution in [0.25, 0.3) is 11.3 Å². The van der Waals surface area contributed by atoms with Crippen molar-refractivity contribution in [1.82, 2.24) is 5.16 Å². The molecule has 28 heavy (non-hydrogen) atoms. The summed E-state index contributed by atoms with van der Waals surface area (Å²) in [6.07, 6.45) is 0. The fourth-order valence-corrected chi connectivity index (χ4v) is 3.04. The number of hydrogen-bond acceptors (Lipinski definition) is 4.